The first kappa shape index (κ1) is 17.3. The van der Waals surface area contributed by atoms with E-state index in [1.54, 1.807) is 7.11 Å². The normalized spacial score (nSPS) is 12.4. The molecule has 0 unspecified atom stereocenters. The molecular formula is C16H27N3O2. The van der Waals surface area contributed by atoms with E-state index in [2.05, 4.69) is 16.5 Å². The molecule has 21 heavy (non-hydrogen) atoms. The van der Waals surface area contributed by atoms with Crippen molar-refractivity contribution in [3.8, 4) is 5.75 Å². The van der Waals surface area contributed by atoms with Crippen LogP contribution in [0.3, 0.4) is 0 Å². The first-order chi connectivity index (χ1) is 10.0. The third kappa shape index (κ3) is 5.63. The number of hydrogen-bond donors (Lipinski definition) is 3. The number of nitrogens with one attached hydrogen (secondary N) is 1. The summed E-state index contributed by atoms with van der Waals surface area (Å²) in [5.74, 6) is 1.21. The number of amidine groups is 1. The lowest BCUT2D eigenvalue weighted by molar-refractivity contribution is 0.304. The van der Waals surface area contributed by atoms with Crippen LogP contribution in [0, 0.1) is 5.41 Å². The van der Waals surface area contributed by atoms with E-state index in [0.717, 1.165) is 43.7 Å². The van der Waals surface area contributed by atoms with Crippen LogP contribution >= 0.6 is 0 Å². The van der Waals surface area contributed by atoms with Crippen LogP contribution in [0.5, 0.6) is 5.75 Å². The topological polar surface area (TPSA) is 79.9 Å². The fourth-order valence-corrected chi connectivity index (χ4v) is 2.15. The molecule has 0 aromatic heterocycles. The standard InChI is InChI=1S/C16H27N3O2/c1-16(2,15(17)19-20)10-6-7-11-18-12-13-8-4-5-9-14(13)21-3/h4-5,8-9,18,20H,6-7,10-12H2,1-3H3,(H2,17,19). The fourth-order valence-electron chi connectivity index (χ4n) is 2.15. The van der Waals surface area contributed by atoms with E-state index >= 15 is 0 Å². The van der Waals surface area contributed by atoms with E-state index in [4.69, 9.17) is 15.7 Å². The van der Waals surface area contributed by atoms with Gasteiger partial charge in [0.15, 0.2) is 0 Å². The van der Waals surface area contributed by atoms with Gasteiger partial charge in [-0.05, 0) is 25.5 Å². The summed E-state index contributed by atoms with van der Waals surface area (Å²) in [5, 5.41) is 15.2. The molecule has 0 bridgehead atoms. The van der Waals surface area contributed by atoms with Crippen LogP contribution in [0.1, 0.15) is 38.7 Å². The Kier molecular flexibility index (Phi) is 7.02. The predicted octanol–water partition coefficient (Wildman–Crippen LogP) is 2.73. The molecule has 1 rings (SSSR count). The molecule has 0 saturated carbocycles. The van der Waals surface area contributed by atoms with Gasteiger partial charge in [-0.1, -0.05) is 43.6 Å². The van der Waals surface area contributed by atoms with E-state index in [-0.39, 0.29) is 5.41 Å². The van der Waals surface area contributed by atoms with E-state index < -0.39 is 0 Å². The van der Waals surface area contributed by atoms with E-state index in [9.17, 15) is 0 Å². The second-order valence-corrected chi connectivity index (χ2v) is 5.81. The Balaban J connectivity index is 2.24. The molecule has 0 spiro atoms. The summed E-state index contributed by atoms with van der Waals surface area (Å²) in [7, 11) is 1.69. The lowest BCUT2D eigenvalue weighted by atomic mass is 9.86. The van der Waals surface area contributed by atoms with Gasteiger partial charge >= 0.3 is 0 Å². The summed E-state index contributed by atoms with van der Waals surface area (Å²) in [6, 6.07) is 8.01. The maximum atomic E-state index is 8.73. The van der Waals surface area contributed by atoms with E-state index in [0.29, 0.717) is 5.84 Å². The third-order valence-electron chi connectivity index (χ3n) is 3.71. The zero-order valence-corrected chi connectivity index (χ0v) is 13.2. The molecule has 0 aliphatic rings. The van der Waals surface area contributed by atoms with Crippen molar-refractivity contribution in [2.45, 2.75) is 39.7 Å². The zero-order valence-electron chi connectivity index (χ0n) is 13.2. The molecule has 1 aromatic rings. The Labute approximate surface area is 127 Å². The molecule has 0 saturated heterocycles. The van der Waals surface area contributed by atoms with Crippen molar-refractivity contribution in [2.75, 3.05) is 13.7 Å². The van der Waals surface area contributed by atoms with Crippen molar-refractivity contribution >= 4 is 5.84 Å². The van der Waals surface area contributed by atoms with Crippen LogP contribution in [0.25, 0.3) is 0 Å². The van der Waals surface area contributed by atoms with Gasteiger partial charge in [0.1, 0.15) is 11.6 Å². The molecule has 0 aliphatic carbocycles. The van der Waals surface area contributed by atoms with Gasteiger partial charge in [0.05, 0.1) is 7.11 Å². The van der Waals surface area contributed by atoms with Gasteiger partial charge in [0, 0.05) is 17.5 Å². The Morgan fingerprint density at radius 1 is 1.33 bits per heavy atom. The van der Waals surface area contributed by atoms with Crippen LogP contribution in [-0.2, 0) is 6.54 Å². The van der Waals surface area contributed by atoms with Crippen molar-refractivity contribution in [2.24, 2.45) is 16.3 Å². The number of ether oxygens (including phenoxy) is 1. The minimum atomic E-state index is -0.253. The third-order valence-corrected chi connectivity index (χ3v) is 3.71. The number of oxime groups is 1. The molecule has 0 fully saturated rings. The number of rotatable bonds is 9. The number of unbranched alkanes of at least 4 members (excludes halogenated alkanes) is 1. The highest BCUT2D eigenvalue weighted by atomic mass is 16.5. The summed E-state index contributed by atoms with van der Waals surface area (Å²) in [6.07, 6.45) is 2.98. The molecule has 1 aromatic carbocycles. The number of methoxy groups -OCH3 is 1. The van der Waals surface area contributed by atoms with Gasteiger partial charge in [0.25, 0.3) is 0 Å². The molecule has 0 amide bonds. The molecular weight excluding hydrogens is 266 g/mol. The van der Waals surface area contributed by atoms with Crippen LogP contribution in [0.4, 0.5) is 0 Å². The molecule has 0 heterocycles. The Hall–Kier alpha value is -1.75. The lowest BCUT2D eigenvalue weighted by Crippen LogP contribution is -2.32. The highest BCUT2D eigenvalue weighted by Gasteiger charge is 2.22. The Morgan fingerprint density at radius 3 is 2.71 bits per heavy atom. The van der Waals surface area contributed by atoms with Gasteiger partial charge in [-0.15, -0.1) is 0 Å². The smallest absolute Gasteiger partial charge is 0.144 e. The van der Waals surface area contributed by atoms with Gasteiger partial charge in [-0.2, -0.15) is 0 Å². The number of hydrogen-bond acceptors (Lipinski definition) is 4. The summed E-state index contributed by atoms with van der Waals surface area (Å²) in [4.78, 5) is 0. The molecule has 118 valence electrons. The molecule has 0 aliphatic heterocycles. The largest absolute Gasteiger partial charge is 0.496 e. The quantitative estimate of drug-likeness (QED) is 0.215. The summed E-state index contributed by atoms with van der Waals surface area (Å²) < 4.78 is 5.32. The minimum Gasteiger partial charge on any atom is -0.496 e. The average Bonchev–Trinajstić information content (AvgIpc) is 2.50. The van der Waals surface area contributed by atoms with Crippen molar-refractivity contribution in [1.82, 2.24) is 5.32 Å². The molecule has 0 radical (unpaired) electrons. The SMILES string of the molecule is COc1ccccc1CNCCCCC(C)(C)/C(N)=N/O. The number of nitrogens with zero attached hydrogens (tertiary/aromatic N) is 1. The van der Waals surface area contributed by atoms with Crippen molar-refractivity contribution in [3.63, 3.8) is 0 Å². The summed E-state index contributed by atoms with van der Waals surface area (Å²) in [6.45, 7) is 5.71. The Bertz CT molecular complexity index is 459. The van der Waals surface area contributed by atoms with E-state index in [1.807, 2.05) is 32.0 Å². The lowest BCUT2D eigenvalue weighted by Gasteiger charge is -2.22. The molecule has 0 atom stereocenters. The highest BCUT2D eigenvalue weighted by molar-refractivity contribution is 5.85. The minimum absolute atomic E-state index is 0.253. The predicted molar refractivity (Wildman–Crippen MR) is 85.7 cm³/mol. The van der Waals surface area contributed by atoms with E-state index in [1.165, 1.54) is 0 Å². The fraction of sp³-hybridized carbons (Fsp3) is 0.562. The van der Waals surface area contributed by atoms with Crippen molar-refractivity contribution < 1.29 is 9.94 Å². The van der Waals surface area contributed by atoms with Crippen LogP contribution in [0.15, 0.2) is 29.4 Å². The van der Waals surface area contributed by atoms with Gasteiger partial charge in [0.2, 0.25) is 0 Å². The zero-order chi connectivity index (χ0) is 15.7. The Morgan fingerprint density at radius 2 is 2.05 bits per heavy atom. The highest BCUT2D eigenvalue weighted by Crippen LogP contribution is 2.23. The summed E-state index contributed by atoms with van der Waals surface area (Å²) >= 11 is 0. The number of para-hydroxylation sites is 1. The first-order valence-corrected chi connectivity index (χ1v) is 7.32. The monoisotopic (exact) mass is 293 g/mol. The maximum absolute atomic E-state index is 8.73. The average molecular weight is 293 g/mol. The molecule has 4 N–H and O–H groups in total. The van der Waals surface area contributed by atoms with Gasteiger partial charge < -0.3 is 21.0 Å². The molecule has 5 nitrogen and oxygen atoms in total. The van der Waals surface area contributed by atoms with Crippen molar-refractivity contribution in [3.05, 3.63) is 29.8 Å². The maximum Gasteiger partial charge on any atom is 0.144 e. The van der Waals surface area contributed by atoms with Crippen LogP contribution in [-0.4, -0.2) is 24.7 Å². The van der Waals surface area contributed by atoms with Gasteiger partial charge in [-0.25, -0.2) is 0 Å². The van der Waals surface area contributed by atoms with Crippen LogP contribution in [0.2, 0.25) is 0 Å². The number of benzene rings is 1. The summed E-state index contributed by atoms with van der Waals surface area (Å²) in [5.41, 5.74) is 6.58. The number of nitrogens with two attached hydrogens (primary N) is 1. The van der Waals surface area contributed by atoms with Gasteiger partial charge in [-0.3, -0.25) is 0 Å². The second kappa shape index (κ2) is 8.52. The second-order valence-electron chi connectivity index (χ2n) is 5.81. The van der Waals surface area contributed by atoms with Crippen LogP contribution < -0.4 is 15.8 Å². The first-order valence-electron chi connectivity index (χ1n) is 7.32. The van der Waals surface area contributed by atoms with Crippen molar-refractivity contribution in [1.29, 1.82) is 0 Å². The molecule has 5 heteroatoms.